The van der Waals surface area contributed by atoms with Crippen molar-refractivity contribution in [2.45, 2.75) is 45.6 Å². The van der Waals surface area contributed by atoms with E-state index >= 15 is 0 Å². The van der Waals surface area contributed by atoms with Gasteiger partial charge in [-0.1, -0.05) is 0 Å². The van der Waals surface area contributed by atoms with Crippen LogP contribution in [0.2, 0.25) is 0 Å². The first-order valence-corrected chi connectivity index (χ1v) is 7.43. The Morgan fingerprint density at radius 3 is 2.38 bits per heavy atom. The average molecular weight is 299 g/mol. The van der Waals surface area contributed by atoms with E-state index < -0.39 is 17.5 Å². The number of hydrogen-bond acceptors (Lipinski definition) is 3. The summed E-state index contributed by atoms with van der Waals surface area (Å²) in [4.78, 5) is 38.4. The van der Waals surface area contributed by atoms with E-state index in [-0.39, 0.29) is 12.5 Å². The lowest BCUT2D eigenvalue weighted by atomic mass is 9.89. The number of nitrogens with zero attached hydrogens (tertiary/aromatic N) is 2. The van der Waals surface area contributed by atoms with Gasteiger partial charge >= 0.3 is 12.0 Å². The molecule has 0 spiro atoms. The minimum atomic E-state index is -1.19. The minimum Gasteiger partial charge on any atom is -0.480 e. The van der Waals surface area contributed by atoms with Crippen molar-refractivity contribution in [3.63, 3.8) is 0 Å². The van der Waals surface area contributed by atoms with Crippen LogP contribution in [0.4, 0.5) is 4.79 Å². The molecule has 2 N–H and O–H groups in total. The molecule has 1 unspecified atom stereocenters. The third kappa shape index (κ3) is 3.86. The molecular formula is C14H25N3O4. The first kappa shape index (κ1) is 17.3. The normalized spacial score (nSPS) is 21.8. The predicted octanol–water partition coefficient (Wildman–Crippen LogP) is 0.894. The van der Waals surface area contributed by atoms with Crippen LogP contribution in [0, 0.1) is 0 Å². The fourth-order valence-corrected chi connectivity index (χ4v) is 2.60. The van der Waals surface area contributed by atoms with Crippen LogP contribution in [0.1, 0.15) is 40.0 Å². The van der Waals surface area contributed by atoms with E-state index in [4.69, 9.17) is 0 Å². The van der Waals surface area contributed by atoms with Crippen molar-refractivity contribution in [1.29, 1.82) is 0 Å². The lowest BCUT2D eigenvalue weighted by Crippen LogP contribution is -2.60. The van der Waals surface area contributed by atoms with E-state index in [1.165, 1.54) is 4.90 Å². The van der Waals surface area contributed by atoms with Crippen molar-refractivity contribution in [3.05, 3.63) is 0 Å². The molecule has 1 rings (SSSR count). The van der Waals surface area contributed by atoms with Gasteiger partial charge in [0.2, 0.25) is 5.91 Å². The van der Waals surface area contributed by atoms with Gasteiger partial charge in [-0.2, -0.15) is 0 Å². The molecule has 0 bridgehead atoms. The van der Waals surface area contributed by atoms with Crippen molar-refractivity contribution < 1.29 is 19.5 Å². The van der Waals surface area contributed by atoms with E-state index in [1.54, 1.807) is 11.8 Å². The number of amides is 3. The molecule has 120 valence electrons. The topological polar surface area (TPSA) is 90.0 Å². The highest BCUT2D eigenvalue weighted by atomic mass is 16.4. The Morgan fingerprint density at radius 1 is 1.24 bits per heavy atom. The molecule has 1 aliphatic heterocycles. The lowest BCUT2D eigenvalue weighted by molar-refractivity contribution is -0.150. The monoisotopic (exact) mass is 299 g/mol. The second kappa shape index (κ2) is 7.28. The zero-order valence-corrected chi connectivity index (χ0v) is 13.0. The Balaban J connectivity index is 2.65. The fourth-order valence-electron chi connectivity index (χ4n) is 2.60. The zero-order valence-electron chi connectivity index (χ0n) is 13.0. The molecule has 0 aliphatic carbocycles. The van der Waals surface area contributed by atoms with Gasteiger partial charge in [-0.05, 0) is 40.0 Å². The molecule has 21 heavy (non-hydrogen) atoms. The van der Waals surface area contributed by atoms with Crippen molar-refractivity contribution in [2.75, 3.05) is 26.2 Å². The summed E-state index contributed by atoms with van der Waals surface area (Å²) in [6.45, 7) is 6.76. The Kier molecular flexibility index (Phi) is 5.99. The van der Waals surface area contributed by atoms with Gasteiger partial charge in [-0.15, -0.1) is 0 Å². The fraction of sp³-hybridized carbons (Fsp3) is 0.786. The van der Waals surface area contributed by atoms with Crippen LogP contribution < -0.4 is 5.32 Å². The second-order valence-electron chi connectivity index (χ2n) is 5.41. The van der Waals surface area contributed by atoms with E-state index in [0.29, 0.717) is 26.1 Å². The SMILES string of the molecule is CCN(CC)C(=O)CNC(=O)N1CCCCC1(C)C(=O)O. The van der Waals surface area contributed by atoms with Crippen molar-refractivity contribution >= 4 is 17.9 Å². The number of carbonyl (C=O) groups is 3. The average Bonchev–Trinajstić information content (AvgIpc) is 2.46. The highest BCUT2D eigenvalue weighted by molar-refractivity contribution is 5.88. The molecule has 1 saturated heterocycles. The number of likely N-dealkylation sites (tertiary alicyclic amines) is 1. The van der Waals surface area contributed by atoms with Crippen LogP contribution in [-0.2, 0) is 9.59 Å². The molecule has 0 aromatic rings. The number of carboxylic acids is 1. The number of nitrogens with one attached hydrogen (secondary N) is 1. The predicted molar refractivity (Wildman–Crippen MR) is 77.9 cm³/mol. The number of hydrogen-bond donors (Lipinski definition) is 2. The molecule has 0 aromatic heterocycles. The second-order valence-corrected chi connectivity index (χ2v) is 5.41. The Hall–Kier alpha value is -1.79. The molecule has 1 heterocycles. The highest BCUT2D eigenvalue weighted by Gasteiger charge is 2.44. The first-order valence-electron chi connectivity index (χ1n) is 7.43. The number of urea groups is 1. The maximum absolute atomic E-state index is 12.2. The largest absolute Gasteiger partial charge is 0.480 e. The highest BCUT2D eigenvalue weighted by Crippen LogP contribution is 2.28. The van der Waals surface area contributed by atoms with Crippen LogP contribution in [0.3, 0.4) is 0 Å². The molecule has 1 atom stereocenters. The molecule has 0 radical (unpaired) electrons. The zero-order chi connectivity index (χ0) is 16.0. The van der Waals surface area contributed by atoms with Crippen LogP contribution >= 0.6 is 0 Å². The van der Waals surface area contributed by atoms with Crippen molar-refractivity contribution in [1.82, 2.24) is 15.1 Å². The summed E-state index contributed by atoms with van der Waals surface area (Å²) in [5, 5.41) is 11.9. The first-order chi connectivity index (χ1) is 9.86. The van der Waals surface area contributed by atoms with Gasteiger partial charge in [0.15, 0.2) is 0 Å². The number of aliphatic carboxylic acids is 1. The smallest absolute Gasteiger partial charge is 0.329 e. The maximum Gasteiger partial charge on any atom is 0.329 e. The third-order valence-electron chi connectivity index (χ3n) is 4.10. The molecule has 3 amide bonds. The Morgan fingerprint density at radius 2 is 1.86 bits per heavy atom. The van der Waals surface area contributed by atoms with Crippen molar-refractivity contribution in [2.24, 2.45) is 0 Å². The molecule has 7 nitrogen and oxygen atoms in total. The van der Waals surface area contributed by atoms with Gasteiger partial charge < -0.3 is 20.2 Å². The van der Waals surface area contributed by atoms with E-state index in [9.17, 15) is 19.5 Å². The Bertz CT molecular complexity index is 409. The van der Waals surface area contributed by atoms with E-state index in [1.807, 2.05) is 13.8 Å². The van der Waals surface area contributed by atoms with Gasteiger partial charge in [0.1, 0.15) is 5.54 Å². The molecule has 0 saturated carbocycles. The number of rotatable bonds is 5. The third-order valence-corrected chi connectivity index (χ3v) is 4.10. The van der Waals surface area contributed by atoms with Gasteiger partial charge in [0.05, 0.1) is 6.54 Å². The summed E-state index contributed by atoms with van der Waals surface area (Å²) in [5.74, 6) is -1.17. The number of carboxylic acid groups (broad SMARTS) is 1. The van der Waals surface area contributed by atoms with Gasteiger partial charge in [0.25, 0.3) is 0 Å². The van der Waals surface area contributed by atoms with Crippen LogP contribution in [-0.4, -0.2) is 64.5 Å². The minimum absolute atomic E-state index is 0.104. The number of piperidine rings is 1. The summed E-state index contributed by atoms with van der Waals surface area (Å²) >= 11 is 0. The van der Waals surface area contributed by atoms with Crippen LogP contribution in [0.5, 0.6) is 0 Å². The summed E-state index contributed by atoms with van der Waals surface area (Å²) in [6, 6.07) is -0.486. The van der Waals surface area contributed by atoms with Crippen LogP contribution in [0.25, 0.3) is 0 Å². The van der Waals surface area contributed by atoms with Gasteiger partial charge in [-0.3, -0.25) is 4.79 Å². The van der Waals surface area contributed by atoms with Crippen LogP contribution in [0.15, 0.2) is 0 Å². The lowest BCUT2D eigenvalue weighted by Gasteiger charge is -2.41. The summed E-state index contributed by atoms with van der Waals surface area (Å²) in [7, 11) is 0. The molecular weight excluding hydrogens is 274 g/mol. The summed E-state index contributed by atoms with van der Waals surface area (Å²) in [6.07, 6.45) is 1.99. The number of carbonyl (C=O) groups excluding carboxylic acids is 2. The standard InChI is InChI=1S/C14H25N3O4/c1-4-16(5-2)11(18)10-15-13(21)17-9-7-6-8-14(17,3)12(19)20/h4-10H2,1-3H3,(H,15,21)(H,19,20). The Labute approximate surface area is 125 Å². The van der Waals surface area contributed by atoms with Gasteiger partial charge in [-0.25, -0.2) is 9.59 Å². The number of likely N-dealkylation sites (N-methyl/N-ethyl adjacent to an activating group) is 1. The molecule has 1 aliphatic rings. The van der Waals surface area contributed by atoms with Gasteiger partial charge in [0, 0.05) is 19.6 Å². The summed E-state index contributed by atoms with van der Waals surface area (Å²) < 4.78 is 0. The summed E-state index contributed by atoms with van der Waals surface area (Å²) in [5.41, 5.74) is -1.19. The van der Waals surface area contributed by atoms with Crippen molar-refractivity contribution in [3.8, 4) is 0 Å². The molecule has 1 fully saturated rings. The van der Waals surface area contributed by atoms with E-state index in [2.05, 4.69) is 5.32 Å². The van der Waals surface area contributed by atoms with E-state index in [0.717, 1.165) is 12.8 Å². The molecule has 7 heteroatoms. The molecule has 0 aromatic carbocycles. The quantitative estimate of drug-likeness (QED) is 0.789. The maximum atomic E-state index is 12.2.